The first-order chi connectivity index (χ1) is 13.0. The van der Waals surface area contributed by atoms with Crippen LogP contribution >= 0.6 is 38.9 Å². The standard InChI is InChI=1S/C21H14BrClFNOS/c1-2-14-4-6-19(27-14)21-25-16-5-3-13(23)7-11(16)8-17(25)20-15(24)9-12(22)10-18(20)26-21/h3-10,21H,2H2,1H3. The van der Waals surface area contributed by atoms with E-state index in [4.69, 9.17) is 16.3 Å². The van der Waals surface area contributed by atoms with Crippen molar-refractivity contribution in [3.05, 3.63) is 73.6 Å². The van der Waals surface area contributed by atoms with Gasteiger partial charge in [-0.25, -0.2) is 4.39 Å². The van der Waals surface area contributed by atoms with Crippen LogP contribution in [0.4, 0.5) is 4.39 Å². The SMILES string of the molecule is CCc1ccc(C2Oc3cc(Br)cc(F)c3-c3cc4cc(Cl)ccc4n32)s1. The molecular formula is C21H14BrClFNOS. The highest BCUT2D eigenvalue weighted by molar-refractivity contribution is 9.10. The van der Waals surface area contributed by atoms with E-state index in [0.29, 0.717) is 20.8 Å². The Kier molecular flexibility index (Phi) is 4.08. The maximum Gasteiger partial charge on any atom is 0.212 e. The molecule has 0 fully saturated rings. The molecule has 0 aliphatic carbocycles. The van der Waals surface area contributed by atoms with Crippen LogP contribution in [-0.2, 0) is 6.42 Å². The molecule has 1 unspecified atom stereocenters. The summed E-state index contributed by atoms with van der Waals surface area (Å²) in [5.74, 6) is 0.230. The number of ether oxygens (including phenoxy) is 1. The number of benzene rings is 2. The van der Waals surface area contributed by atoms with E-state index < -0.39 is 0 Å². The second-order valence-corrected chi connectivity index (χ2v) is 9.04. The van der Waals surface area contributed by atoms with Gasteiger partial charge in [0.2, 0.25) is 6.23 Å². The first kappa shape index (κ1) is 17.3. The molecule has 1 aliphatic rings. The number of hydrogen-bond donors (Lipinski definition) is 0. The molecular weight excluding hydrogens is 449 g/mol. The van der Waals surface area contributed by atoms with Gasteiger partial charge in [-0.1, -0.05) is 34.5 Å². The molecule has 1 aliphatic heterocycles. The predicted molar refractivity (Wildman–Crippen MR) is 113 cm³/mol. The zero-order valence-corrected chi connectivity index (χ0v) is 17.5. The van der Waals surface area contributed by atoms with Crippen LogP contribution in [0.3, 0.4) is 0 Å². The largest absolute Gasteiger partial charge is 0.464 e. The van der Waals surface area contributed by atoms with Crippen molar-refractivity contribution >= 4 is 49.8 Å². The van der Waals surface area contributed by atoms with Gasteiger partial charge < -0.3 is 4.74 Å². The molecule has 3 heterocycles. The van der Waals surface area contributed by atoms with Crippen molar-refractivity contribution in [3.63, 3.8) is 0 Å². The number of hydrogen-bond acceptors (Lipinski definition) is 2. The van der Waals surface area contributed by atoms with Crippen molar-refractivity contribution in [1.29, 1.82) is 0 Å². The molecule has 2 nitrogen and oxygen atoms in total. The lowest BCUT2D eigenvalue weighted by Gasteiger charge is -2.29. The lowest BCUT2D eigenvalue weighted by Crippen LogP contribution is -2.21. The summed E-state index contributed by atoms with van der Waals surface area (Å²) in [4.78, 5) is 2.38. The molecule has 4 aromatic rings. The summed E-state index contributed by atoms with van der Waals surface area (Å²) in [5, 5.41) is 1.62. The second kappa shape index (κ2) is 6.36. The predicted octanol–water partition coefficient (Wildman–Crippen LogP) is 7.43. The highest BCUT2D eigenvalue weighted by Crippen LogP contribution is 2.47. The fourth-order valence-electron chi connectivity index (χ4n) is 3.62. The number of rotatable bonds is 2. The minimum absolute atomic E-state index is 0.312. The molecule has 0 bridgehead atoms. The molecule has 27 heavy (non-hydrogen) atoms. The summed E-state index contributed by atoms with van der Waals surface area (Å²) in [6, 6.07) is 15.2. The van der Waals surface area contributed by atoms with E-state index in [1.54, 1.807) is 11.3 Å². The Bertz CT molecular complexity index is 1200. The zero-order chi connectivity index (χ0) is 18.7. The average molecular weight is 463 g/mol. The van der Waals surface area contributed by atoms with Gasteiger partial charge >= 0.3 is 0 Å². The van der Waals surface area contributed by atoms with Gasteiger partial charge in [0.1, 0.15) is 11.6 Å². The summed E-state index contributed by atoms with van der Waals surface area (Å²) >= 11 is 11.3. The Morgan fingerprint density at radius 3 is 2.81 bits per heavy atom. The average Bonchev–Trinajstić information content (AvgIpc) is 3.24. The molecule has 0 saturated heterocycles. The quantitative estimate of drug-likeness (QED) is 0.302. The summed E-state index contributed by atoms with van der Waals surface area (Å²) in [6.07, 6.45) is 0.633. The number of aryl methyl sites for hydroxylation is 1. The maximum atomic E-state index is 14.9. The van der Waals surface area contributed by atoms with Gasteiger partial charge in [0, 0.05) is 19.8 Å². The third kappa shape index (κ3) is 2.72. The topological polar surface area (TPSA) is 14.2 Å². The fraction of sp³-hybridized carbons (Fsp3) is 0.143. The Morgan fingerprint density at radius 2 is 2.04 bits per heavy atom. The highest BCUT2D eigenvalue weighted by Gasteiger charge is 2.32. The monoisotopic (exact) mass is 461 g/mol. The van der Waals surface area contributed by atoms with Crippen LogP contribution in [0.5, 0.6) is 5.75 Å². The lowest BCUT2D eigenvalue weighted by molar-refractivity contribution is 0.176. The number of thiophene rings is 1. The molecule has 0 saturated carbocycles. The van der Waals surface area contributed by atoms with Crippen molar-refractivity contribution in [1.82, 2.24) is 4.57 Å². The molecule has 2 aromatic carbocycles. The van der Waals surface area contributed by atoms with Crippen LogP contribution in [0.1, 0.15) is 22.9 Å². The highest BCUT2D eigenvalue weighted by atomic mass is 79.9. The summed E-state index contributed by atoms with van der Waals surface area (Å²) in [6.45, 7) is 2.14. The Balaban J connectivity index is 1.82. The zero-order valence-electron chi connectivity index (χ0n) is 14.3. The number of fused-ring (bicyclic) bond motifs is 5. The van der Waals surface area contributed by atoms with Gasteiger partial charge in [0.25, 0.3) is 0 Å². The Hall–Kier alpha value is -1.82. The van der Waals surface area contributed by atoms with E-state index in [2.05, 4.69) is 39.6 Å². The number of halogens is 3. The first-order valence-corrected chi connectivity index (χ1v) is 10.6. The van der Waals surface area contributed by atoms with Gasteiger partial charge in [0.05, 0.1) is 21.7 Å². The molecule has 0 radical (unpaired) electrons. The maximum absolute atomic E-state index is 14.9. The fourth-order valence-corrected chi connectivity index (χ4v) is 5.18. The van der Waals surface area contributed by atoms with Crippen LogP contribution in [0.2, 0.25) is 5.02 Å². The van der Waals surface area contributed by atoms with Crippen molar-refractivity contribution < 1.29 is 9.13 Å². The van der Waals surface area contributed by atoms with E-state index in [9.17, 15) is 4.39 Å². The Labute approximate surface area is 173 Å². The Morgan fingerprint density at radius 1 is 1.19 bits per heavy atom. The first-order valence-electron chi connectivity index (χ1n) is 8.60. The van der Waals surface area contributed by atoms with Crippen LogP contribution in [0.15, 0.2) is 53.0 Å². The minimum Gasteiger partial charge on any atom is -0.464 e. The van der Waals surface area contributed by atoms with E-state index in [0.717, 1.165) is 27.9 Å². The van der Waals surface area contributed by atoms with Crippen LogP contribution in [0.25, 0.3) is 22.2 Å². The van der Waals surface area contributed by atoms with E-state index in [1.807, 2.05) is 30.3 Å². The molecule has 6 heteroatoms. The van der Waals surface area contributed by atoms with Gasteiger partial charge in [-0.3, -0.25) is 4.57 Å². The van der Waals surface area contributed by atoms with Crippen LogP contribution in [0, 0.1) is 5.82 Å². The lowest BCUT2D eigenvalue weighted by atomic mass is 10.1. The third-order valence-corrected chi connectivity index (χ3v) is 6.78. The minimum atomic E-state index is -0.342. The van der Waals surface area contributed by atoms with Crippen molar-refractivity contribution in [2.45, 2.75) is 19.6 Å². The van der Waals surface area contributed by atoms with Crippen molar-refractivity contribution in [2.24, 2.45) is 0 Å². The van der Waals surface area contributed by atoms with E-state index >= 15 is 0 Å². The van der Waals surface area contributed by atoms with E-state index in [-0.39, 0.29) is 12.0 Å². The molecule has 0 amide bonds. The molecule has 0 N–H and O–H groups in total. The molecule has 136 valence electrons. The number of nitrogens with zero attached hydrogens (tertiary/aromatic N) is 1. The van der Waals surface area contributed by atoms with Crippen molar-refractivity contribution in [2.75, 3.05) is 0 Å². The number of aromatic nitrogens is 1. The summed E-state index contributed by atoms with van der Waals surface area (Å²) in [7, 11) is 0. The van der Waals surface area contributed by atoms with Gasteiger partial charge in [-0.2, -0.15) is 0 Å². The summed E-state index contributed by atoms with van der Waals surface area (Å²) in [5.41, 5.74) is 2.25. The third-order valence-electron chi connectivity index (χ3n) is 4.82. The molecule has 0 spiro atoms. The normalized spacial score (nSPS) is 15.5. The van der Waals surface area contributed by atoms with Crippen molar-refractivity contribution in [3.8, 4) is 17.0 Å². The van der Waals surface area contributed by atoms with Gasteiger partial charge in [-0.15, -0.1) is 11.3 Å². The van der Waals surface area contributed by atoms with Crippen LogP contribution < -0.4 is 4.74 Å². The van der Waals surface area contributed by atoms with Gasteiger partial charge in [-0.05, 0) is 55.0 Å². The molecule has 2 aromatic heterocycles. The van der Waals surface area contributed by atoms with Crippen LogP contribution in [-0.4, -0.2) is 4.57 Å². The summed E-state index contributed by atoms with van der Waals surface area (Å²) < 4.78 is 23.9. The smallest absolute Gasteiger partial charge is 0.212 e. The molecule has 5 rings (SSSR count). The second-order valence-electron chi connectivity index (χ2n) is 6.49. The molecule has 1 atom stereocenters. The van der Waals surface area contributed by atoms with Gasteiger partial charge in [0.15, 0.2) is 0 Å². The van der Waals surface area contributed by atoms with E-state index in [1.165, 1.54) is 10.9 Å².